The Morgan fingerprint density at radius 1 is 1.05 bits per heavy atom. The van der Waals surface area contributed by atoms with Gasteiger partial charge in [0.15, 0.2) is 5.17 Å². The second-order valence-electron chi connectivity index (χ2n) is 11.4. The zero-order chi connectivity index (χ0) is 30.8. The van der Waals surface area contributed by atoms with Gasteiger partial charge in [-0.1, -0.05) is 54.9 Å². The quantitative estimate of drug-likeness (QED) is 0.280. The maximum atomic E-state index is 15.2. The van der Waals surface area contributed by atoms with Crippen LogP contribution in [0.1, 0.15) is 45.7 Å². The van der Waals surface area contributed by atoms with Crippen LogP contribution in [-0.4, -0.2) is 36.6 Å². The van der Waals surface area contributed by atoms with Gasteiger partial charge in [0.2, 0.25) is 0 Å². The van der Waals surface area contributed by atoms with Crippen molar-refractivity contribution in [2.75, 3.05) is 23.9 Å². The van der Waals surface area contributed by atoms with E-state index in [1.807, 2.05) is 12.1 Å². The van der Waals surface area contributed by atoms with E-state index in [1.54, 1.807) is 46.1 Å². The Balaban J connectivity index is 1.59. The molecule has 0 radical (unpaired) electrons. The third-order valence-electron chi connectivity index (χ3n) is 6.88. The van der Waals surface area contributed by atoms with Gasteiger partial charge in [0, 0.05) is 33.1 Å². The molecule has 4 rings (SSSR count). The van der Waals surface area contributed by atoms with Crippen molar-refractivity contribution >= 4 is 57.6 Å². The van der Waals surface area contributed by atoms with Gasteiger partial charge >= 0.3 is 6.09 Å². The fourth-order valence-corrected chi connectivity index (χ4v) is 6.29. The molecule has 1 heterocycles. The number of nitrogens with zero attached hydrogens (tertiary/aromatic N) is 2. The molecule has 0 bridgehead atoms. The van der Waals surface area contributed by atoms with Crippen LogP contribution >= 0.6 is 35.0 Å². The van der Waals surface area contributed by atoms with Crippen molar-refractivity contribution < 1.29 is 23.0 Å². The second kappa shape index (κ2) is 12.7. The van der Waals surface area contributed by atoms with Crippen molar-refractivity contribution in [2.45, 2.75) is 57.4 Å². The number of hydrogen-bond donors (Lipinski definition) is 1. The van der Waals surface area contributed by atoms with E-state index in [9.17, 15) is 9.18 Å². The number of amidine groups is 1. The zero-order valence-electron chi connectivity index (χ0n) is 24.2. The standard InChI is InChI=1S/C31H33Cl2F2N3O3S/c1-30(2,3)41-29(39)37-20-14-24(33)22(25(35)15-20)17-42-28-36-16-27(38(28)21-10-8-19(34)9-11-21)31(4,5)18-7-12-23(32)26(13-18)40-6/h7-15,27H,16-17H2,1-6H3,(H,37,39). The van der Waals surface area contributed by atoms with Gasteiger partial charge in [-0.2, -0.15) is 0 Å². The summed E-state index contributed by atoms with van der Waals surface area (Å²) in [5.74, 6) is -0.177. The molecule has 6 nitrogen and oxygen atoms in total. The molecular weight excluding hydrogens is 603 g/mol. The van der Waals surface area contributed by atoms with Gasteiger partial charge in [0.05, 0.1) is 24.7 Å². The Labute approximate surface area is 259 Å². The van der Waals surface area contributed by atoms with Crippen LogP contribution in [0.5, 0.6) is 5.75 Å². The summed E-state index contributed by atoms with van der Waals surface area (Å²) < 4.78 is 39.8. The Kier molecular flexibility index (Phi) is 9.65. The van der Waals surface area contributed by atoms with Gasteiger partial charge in [-0.15, -0.1) is 0 Å². The number of ether oxygens (including phenoxy) is 2. The minimum atomic E-state index is -0.706. The van der Waals surface area contributed by atoms with E-state index in [-0.39, 0.29) is 33.9 Å². The lowest BCUT2D eigenvalue weighted by molar-refractivity contribution is 0.0636. The SMILES string of the molecule is COc1cc(C(C)(C)C2CN=C(SCc3c(F)cc(NC(=O)OC(C)(C)C)cc3Cl)N2c2ccc(F)cc2)ccc1Cl. The molecule has 1 aliphatic rings. The largest absolute Gasteiger partial charge is 0.495 e. The molecule has 11 heteroatoms. The summed E-state index contributed by atoms with van der Waals surface area (Å²) in [4.78, 5) is 19.0. The number of benzene rings is 3. The summed E-state index contributed by atoms with van der Waals surface area (Å²) in [6, 6.07) is 14.4. The smallest absolute Gasteiger partial charge is 0.412 e. The van der Waals surface area contributed by atoms with E-state index in [2.05, 4.69) is 24.1 Å². The molecule has 3 aromatic rings. The van der Waals surface area contributed by atoms with Gasteiger partial charge in [0.1, 0.15) is 23.0 Å². The molecule has 1 aliphatic heterocycles. The van der Waals surface area contributed by atoms with E-state index in [0.29, 0.717) is 22.5 Å². The second-order valence-corrected chi connectivity index (χ2v) is 13.1. The summed E-state index contributed by atoms with van der Waals surface area (Å²) >= 11 is 14.1. The molecule has 0 fully saturated rings. The van der Waals surface area contributed by atoms with Crippen LogP contribution < -0.4 is 15.0 Å². The maximum Gasteiger partial charge on any atom is 0.412 e. The van der Waals surface area contributed by atoms with E-state index < -0.39 is 22.9 Å². The summed E-state index contributed by atoms with van der Waals surface area (Å²) in [5.41, 5.74) is 1.05. The van der Waals surface area contributed by atoms with Crippen molar-refractivity contribution in [3.63, 3.8) is 0 Å². The third-order valence-corrected chi connectivity index (χ3v) is 8.55. The number of anilines is 2. The number of rotatable bonds is 7. The number of hydrogen-bond acceptors (Lipinski definition) is 6. The van der Waals surface area contributed by atoms with Gasteiger partial charge in [-0.05, 0) is 74.9 Å². The van der Waals surface area contributed by atoms with Gasteiger partial charge < -0.3 is 14.4 Å². The number of aliphatic imine (C=N–C) groups is 1. The first kappa shape index (κ1) is 31.9. The molecule has 0 spiro atoms. The number of thioether (sulfide) groups is 1. The van der Waals surface area contributed by atoms with Crippen LogP contribution in [0.15, 0.2) is 59.6 Å². The van der Waals surface area contributed by atoms with Crippen LogP contribution in [-0.2, 0) is 15.9 Å². The average Bonchev–Trinajstić information content (AvgIpc) is 3.32. The summed E-state index contributed by atoms with van der Waals surface area (Å²) in [7, 11) is 1.57. The molecular formula is C31H33Cl2F2N3O3S. The van der Waals surface area contributed by atoms with E-state index in [1.165, 1.54) is 36.0 Å². The number of methoxy groups -OCH3 is 1. The minimum Gasteiger partial charge on any atom is -0.495 e. The van der Waals surface area contributed by atoms with Crippen LogP contribution in [0.4, 0.5) is 25.0 Å². The highest BCUT2D eigenvalue weighted by atomic mass is 35.5. The average molecular weight is 637 g/mol. The maximum absolute atomic E-state index is 15.2. The van der Waals surface area contributed by atoms with Crippen molar-refractivity contribution in [1.82, 2.24) is 0 Å². The molecule has 1 N–H and O–H groups in total. The molecule has 224 valence electrons. The summed E-state index contributed by atoms with van der Waals surface area (Å²) in [6.45, 7) is 9.87. The monoisotopic (exact) mass is 635 g/mol. The highest BCUT2D eigenvalue weighted by Crippen LogP contribution is 2.41. The number of amides is 1. The van der Waals surface area contributed by atoms with Crippen LogP contribution in [0.2, 0.25) is 10.0 Å². The third kappa shape index (κ3) is 7.30. The lowest BCUT2D eigenvalue weighted by atomic mass is 9.77. The topological polar surface area (TPSA) is 63.2 Å². The molecule has 1 atom stereocenters. The molecule has 3 aromatic carbocycles. The predicted molar refractivity (Wildman–Crippen MR) is 169 cm³/mol. The Bertz CT molecular complexity index is 1470. The fraction of sp³-hybridized carbons (Fsp3) is 0.355. The number of halogens is 4. The van der Waals surface area contributed by atoms with Crippen molar-refractivity contribution in [3.8, 4) is 5.75 Å². The predicted octanol–water partition coefficient (Wildman–Crippen LogP) is 9.08. The molecule has 0 aromatic heterocycles. The number of nitrogens with one attached hydrogen (secondary N) is 1. The molecule has 0 aliphatic carbocycles. The summed E-state index contributed by atoms with van der Waals surface area (Å²) in [6.07, 6.45) is -0.706. The van der Waals surface area contributed by atoms with Crippen LogP contribution in [0.3, 0.4) is 0 Å². The Morgan fingerprint density at radius 2 is 1.74 bits per heavy atom. The van der Waals surface area contributed by atoms with Crippen molar-refractivity contribution in [3.05, 3.63) is 87.4 Å². The Morgan fingerprint density at radius 3 is 2.36 bits per heavy atom. The minimum absolute atomic E-state index is 0.155. The Hall–Kier alpha value is -3.01. The molecule has 0 saturated heterocycles. The van der Waals surface area contributed by atoms with E-state index >= 15 is 4.39 Å². The van der Waals surface area contributed by atoms with E-state index in [0.717, 1.165) is 11.3 Å². The highest BCUT2D eigenvalue weighted by molar-refractivity contribution is 8.13. The van der Waals surface area contributed by atoms with Gasteiger partial charge in [-0.3, -0.25) is 10.3 Å². The normalized spacial score (nSPS) is 15.4. The zero-order valence-corrected chi connectivity index (χ0v) is 26.6. The number of carbonyl (C=O) groups excluding carboxylic acids is 1. The first-order valence-electron chi connectivity index (χ1n) is 13.2. The van der Waals surface area contributed by atoms with Crippen LogP contribution in [0, 0.1) is 11.6 Å². The van der Waals surface area contributed by atoms with Gasteiger partial charge in [0.25, 0.3) is 0 Å². The highest BCUT2D eigenvalue weighted by Gasteiger charge is 2.41. The summed E-state index contributed by atoms with van der Waals surface area (Å²) in [5, 5.41) is 3.83. The van der Waals surface area contributed by atoms with Gasteiger partial charge in [-0.25, -0.2) is 13.6 Å². The fourth-order valence-electron chi connectivity index (χ4n) is 4.64. The molecule has 42 heavy (non-hydrogen) atoms. The van der Waals surface area contributed by atoms with Crippen molar-refractivity contribution in [2.24, 2.45) is 4.99 Å². The first-order valence-corrected chi connectivity index (χ1v) is 15.0. The first-order chi connectivity index (χ1) is 19.7. The molecule has 1 amide bonds. The van der Waals surface area contributed by atoms with E-state index in [4.69, 9.17) is 37.7 Å². The molecule has 1 unspecified atom stereocenters. The molecule has 0 saturated carbocycles. The van der Waals surface area contributed by atoms with Crippen LogP contribution in [0.25, 0.3) is 0 Å². The lowest BCUT2D eigenvalue weighted by Crippen LogP contribution is -2.48. The number of carbonyl (C=O) groups is 1. The van der Waals surface area contributed by atoms with Crippen molar-refractivity contribution in [1.29, 1.82) is 0 Å². The lowest BCUT2D eigenvalue weighted by Gasteiger charge is -2.39.